The number of halogens is 1. The molecule has 3 aromatic heterocycles. The zero-order valence-corrected chi connectivity index (χ0v) is 21.0. The summed E-state index contributed by atoms with van der Waals surface area (Å²) in [6.07, 6.45) is 5.78. The van der Waals surface area contributed by atoms with Crippen molar-refractivity contribution in [1.29, 1.82) is 0 Å². The van der Waals surface area contributed by atoms with Crippen LogP contribution in [0.5, 0.6) is 11.6 Å². The number of pyridine rings is 3. The summed E-state index contributed by atoms with van der Waals surface area (Å²) in [6, 6.07) is 9.87. The minimum absolute atomic E-state index is 0.385. The summed E-state index contributed by atoms with van der Waals surface area (Å²) in [5, 5.41) is 4.82. The number of anilines is 2. The first kappa shape index (κ1) is 23.2. The molecule has 0 aliphatic carbocycles. The van der Waals surface area contributed by atoms with E-state index in [0.29, 0.717) is 35.0 Å². The van der Waals surface area contributed by atoms with Crippen molar-refractivity contribution < 1.29 is 14.2 Å². The smallest absolute Gasteiger partial charge is 0.257 e. The largest absolute Gasteiger partial charge is 0.479 e. The molecule has 0 bridgehead atoms. The molecule has 5 heterocycles. The first-order chi connectivity index (χ1) is 16.4. The van der Waals surface area contributed by atoms with Crippen LogP contribution in [0.25, 0.3) is 11.3 Å². The lowest BCUT2D eigenvalue weighted by Gasteiger charge is -2.31. The minimum atomic E-state index is -0.388. The van der Waals surface area contributed by atoms with E-state index in [9.17, 15) is 0 Å². The SMILES string of the molecule is CSc1cc(C2CCOCC2)cc(Nc2cc(Cl)ncc2-c2ccc3c(n2)OCC(C)(C)O3)n1. The molecule has 7 nitrogen and oxygen atoms in total. The van der Waals surface area contributed by atoms with Crippen molar-refractivity contribution in [2.24, 2.45) is 0 Å². The first-order valence-electron chi connectivity index (χ1n) is 11.3. The highest BCUT2D eigenvalue weighted by molar-refractivity contribution is 7.98. The maximum atomic E-state index is 6.27. The summed E-state index contributed by atoms with van der Waals surface area (Å²) in [5.41, 5.74) is 3.16. The molecule has 0 atom stereocenters. The van der Waals surface area contributed by atoms with Crippen LogP contribution >= 0.6 is 23.4 Å². The second-order valence-electron chi connectivity index (χ2n) is 9.04. The molecule has 178 valence electrons. The van der Waals surface area contributed by atoms with Gasteiger partial charge in [0.15, 0.2) is 5.75 Å². The van der Waals surface area contributed by atoms with Gasteiger partial charge in [-0.1, -0.05) is 11.6 Å². The number of rotatable bonds is 5. The Hall–Kier alpha value is -2.55. The highest BCUT2D eigenvalue weighted by Crippen LogP contribution is 2.38. The van der Waals surface area contributed by atoms with Gasteiger partial charge in [0.1, 0.15) is 23.2 Å². The molecule has 9 heteroatoms. The van der Waals surface area contributed by atoms with E-state index < -0.39 is 0 Å². The van der Waals surface area contributed by atoms with Crippen molar-refractivity contribution in [3.05, 3.63) is 47.2 Å². The van der Waals surface area contributed by atoms with Crippen LogP contribution in [0, 0.1) is 0 Å². The lowest BCUT2D eigenvalue weighted by atomic mass is 9.92. The summed E-state index contributed by atoms with van der Waals surface area (Å²) in [7, 11) is 0. The molecule has 0 saturated carbocycles. The lowest BCUT2D eigenvalue weighted by Crippen LogP contribution is -2.39. The average molecular weight is 499 g/mol. The van der Waals surface area contributed by atoms with Gasteiger partial charge in [-0.3, -0.25) is 0 Å². The monoisotopic (exact) mass is 498 g/mol. The Bertz CT molecular complexity index is 1200. The van der Waals surface area contributed by atoms with E-state index in [-0.39, 0.29) is 5.60 Å². The van der Waals surface area contributed by atoms with Crippen molar-refractivity contribution in [3.63, 3.8) is 0 Å². The Kier molecular flexibility index (Phi) is 6.55. The Morgan fingerprint density at radius 1 is 1.12 bits per heavy atom. The normalized spacial score (nSPS) is 17.4. The van der Waals surface area contributed by atoms with Crippen molar-refractivity contribution in [1.82, 2.24) is 15.0 Å². The molecule has 0 amide bonds. The molecule has 0 aromatic carbocycles. The second kappa shape index (κ2) is 9.60. The quantitative estimate of drug-likeness (QED) is 0.334. The molecule has 34 heavy (non-hydrogen) atoms. The van der Waals surface area contributed by atoms with E-state index in [0.717, 1.165) is 48.2 Å². The van der Waals surface area contributed by atoms with Gasteiger partial charge in [-0.15, -0.1) is 11.8 Å². The summed E-state index contributed by atoms with van der Waals surface area (Å²) in [6.45, 7) is 5.99. The van der Waals surface area contributed by atoms with Gasteiger partial charge in [0.05, 0.1) is 16.4 Å². The molecule has 5 rings (SSSR count). The van der Waals surface area contributed by atoms with E-state index in [4.69, 9.17) is 35.8 Å². The van der Waals surface area contributed by atoms with Crippen molar-refractivity contribution in [3.8, 4) is 22.9 Å². The van der Waals surface area contributed by atoms with Gasteiger partial charge in [-0.25, -0.2) is 15.0 Å². The predicted molar refractivity (Wildman–Crippen MR) is 135 cm³/mol. The Morgan fingerprint density at radius 3 is 2.74 bits per heavy atom. The standard InChI is InChI=1S/C25H27ClN4O3S/c1-25(2)14-32-24-20(33-25)5-4-18(29-24)17-13-27-21(26)12-19(17)28-22-10-16(11-23(30-22)34-3)15-6-8-31-9-7-15/h4-5,10-13,15H,6-9,14H2,1-3H3,(H,27,28,30). The Morgan fingerprint density at radius 2 is 1.94 bits per heavy atom. The van der Waals surface area contributed by atoms with Crippen LogP contribution in [0.1, 0.15) is 38.2 Å². The average Bonchev–Trinajstić information content (AvgIpc) is 2.84. The van der Waals surface area contributed by atoms with E-state index >= 15 is 0 Å². The van der Waals surface area contributed by atoms with Crippen LogP contribution < -0.4 is 14.8 Å². The van der Waals surface area contributed by atoms with Crippen LogP contribution in [0.15, 0.2) is 41.6 Å². The van der Waals surface area contributed by atoms with Gasteiger partial charge in [-0.05, 0) is 74.8 Å². The van der Waals surface area contributed by atoms with Crippen molar-refractivity contribution in [2.75, 3.05) is 31.4 Å². The molecule has 0 unspecified atom stereocenters. The summed E-state index contributed by atoms with van der Waals surface area (Å²) >= 11 is 7.90. The number of hydrogen-bond acceptors (Lipinski definition) is 8. The fourth-order valence-electron chi connectivity index (χ4n) is 4.16. The van der Waals surface area contributed by atoms with Gasteiger partial charge in [0.25, 0.3) is 5.88 Å². The number of aromatic nitrogens is 3. The van der Waals surface area contributed by atoms with E-state index in [1.807, 2.05) is 32.2 Å². The highest BCUT2D eigenvalue weighted by Gasteiger charge is 2.29. The first-order valence-corrected chi connectivity index (χ1v) is 12.9. The van der Waals surface area contributed by atoms with Gasteiger partial charge in [-0.2, -0.15) is 0 Å². The van der Waals surface area contributed by atoms with Gasteiger partial charge < -0.3 is 19.5 Å². The molecular formula is C25H27ClN4O3S. The Labute approximate surface area is 208 Å². The Balaban J connectivity index is 1.49. The number of nitrogens with zero attached hydrogens (tertiary/aromatic N) is 3. The lowest BCUT2D eigenvalue weighted by molar-refractivity contribution is 0.0179. The van der Waals surface area contributed by atoms with Crippen molar-refractivity contribution in [2.45, 2.75) is 43.2 Å². The summed E-state index contributed by atoms with van der Waals surface area (Å²) in [4.78, 5) is 13.8. The maximum absolute atomic E-state index is 6.27. The van der Waals surface area contributed by atoms with Gasteiger partial charge in [0, 0.05) is 25.0 Å². The fraction of sp³-hybridized carbons (Fsp3) is 0.400. The topological polar surface area (TPSA) is 78.4 Å². The third-order valence-electron chi connectivity index (χ3n) is 5.90. The van der Waals surface area contributed by atoms with Crippen LogP contribution in [0.3, 0.4) is 0 Å². The van der Waals surface area contributed by atoms with E-state index in [1.54, 1.807) is 24.0 Å². The molecule has 1 N–H and O–H groups in total. The molecule has 1 saturated heterocycles. The third kappa shape index (κ3) is 5.09. The second-order valence-corrected chi connectivity index (χ2v) is 10.3. The number of hydrogen-bond donors (Lipinski definition) is 1. The maximum Gasteiger partial charge on any atom is 0.257 e. The molecule has 2 aliphatic rings. The number of ether oxygens (including phenoxy) is 3. The van der Waals surface area contributed by atoms with Crippen molar-refractivity contribution >= 4 is 34.9 Å². The van der Waals surface area contributed by atoms with Crippen LogP contribution in [0.2, 0.25) is 5.15 Å². The zero-order valence-electron chi connectivity index (χ0n) is 19.4. The molecule has 2 aliphatic heterocycles. The van der Waals surface area contributed by atoms with Crippen LogP contribution in [-0.4, -0.2) is 46.6 Å². The molecule has 1 fully saturated rings. The van der Waals surface area contributed by atoms with Gasteiger partial charge >= 0.3 is 0 Å². The minimum Gasteiger partial charge on any atom is -0.479 e. The molecule has 0 radical (unpaired) electrons. The fourth-order valence-corrected chi connectivity index (χ4v) is 4.77. The summed E-state index contributed by atoms with van der Waals surface area (Å²) < 4.78 is 17.4. The van der Waals surface area contributed by atoms with Crippen LogP contribution in [-0.2, 0) is 4.74 Å². The van der Waals surface area contributed by atoms with E-state index in [1.165, 1.54) is 5.56 Å². The molecule has 3 aromatic rings. The molecular weight excluding hydrogens is 472 g/mol. The number of fused-ring (bicyclic) bond motifs is 1. The van der Waals surface area contributed by atoms with Gasteiger partial charge in [0.2, 0.25) is 0 Å². The highest BCUT2D eigenvalue weighted by atomic mass is 35.5. The number of nitrogens with one attached hydrogen (secondary N) is 1. The molecule has 0 spiro atoms. The summed E-state index contributed by atoms with van der Waals surface area (Å²) in [5.74, 6) is 2.33. The zero-order chi connectivity index (χ0) is 23.7. The third-order valence-corrected chi connectivity index (χ3v) is 6.74. The number of thioether (sulfide) groups is 1. The van der Waals surface area contributed by atoms with E-state index in [2.05, 4.69) is 22.4 Å². The predicted octanol–water partition coefficient (Wildman–Crippen LogP) is 6.10. The van der Waals surface area contributed by atoms with Crippen LogP contribution in [0.4, 0.5) is 11.5 Å².